The number of morpholine rings is 1. The Bertz CT molecular complexity index is 836. The van der Waals surface area contributed by atoms with E-state index in [9.17, 15) is 5.11 Å². The fourth-order valence-corrected chi connectivity index (χ4v) is 4.01. The maximum absolute atomic E-state index is 9.85. The van der Waals surface area contributed by atoms with Gasteiger partial charge in [-0.05, 0) is 32.1 Å². The molecule has 0 unspecified atom stereocenters. The second-order valence-corrected chi connectivity index (χ2v) is 8.25. The van der Waals surface area contributed by atoms with Crippen molar-refractivity contribution in [2.24, 2.45) is 0 Å². The van der Waals surface area contributed by atoms with E-state index in [0.29, 0.717) is 19.2 Å². The standard InChI is InChI=1S/C22H33N7O2/c1-2-3-8-23-22-24-14-18(21(28-22)27-16-4-6-17(30)7-5-16)19-13-20(26-15-25-19)29-9-11-31-12-10-29/h13-17,30H,2-12H2,1H3,(H2,23,24,27,28). The number of nitrogens with zero attached hydrogens (tertiary/aromatic N) is 5. The molecule has 0 aromatic carbocycles. The second kappa shape index (κ2) is 10.7. The summed E-state index contributed by atoms with van der Waals surface area (Å²) in [4.78, 5) is 20.5. The van der Waals surface area contributed by atoms with Gasteiger partial charge in [0.2, 0.25) is 5.95 Å². The van der Waals surface area contributed by atoms with Crippen molar-refractivity contribution in [3.8, 4) is 11.3 Å². The molecule has 0 bridgehead atoms. The van der Waals surface area contributed by atoms with Gasteiger partial charge in [-0.2, -0.15) is 4.98 Å². The summed E-state index contributed by atoms with van der Waals surface area (Å²) >= 11 is 0. The van der Waals surface area contributed by atoms with Crippen LogP contribution in [-0.2, 0) is 4.74 Å². The Morgan fingerprint density at radius 1 is 1.13 bits per heavy atom. The van der Waals surface area contributed by atoms with Crippen LogP contribution < -0.4 is 15.5 Å². The third kappa shape index (κ3) is 5.80. The van der Waals surface area contributed by atoms with Gasteiger partial charge in [0, 0.05) is 37.9 Å². The minimum atomic E-state index is -0.188. The first-order valence-electron chi connectivity index (χ1n) is 11.4. The first-order chi connectivity index (χ1) is 15.2. The lowest BCUT2D eigenvalue weighted by atomic mass is 9.93. The van der Waals surface area contributed by atoms with Crippen molar-refractivity contribution in [1.29, 1.82) is 0 Å². The molecule has 4 rings (SSSR count). The third-order valence-corrected chi connectivity index (χ3v) is 5.90. The SMILES string of the molecule is CCCCNc1ncc(-c2cc(N3CCOCC3)ncn2)c(NC2CCC(O)CC2)n1. The van der Waals surface area contributed by atoms with E-state index in [0.717, 1.165) is 81.1 Å². The molecule has 0 amide bonds. The van der Waals surface area contributed by atoms with E-state index < -0.39 is 0 Å². The average molecular weight is 428 g/mol. The summed E-state index contributed by atoms with van der Waals surface area (Å²) in [6.07, 6.45) is 8.92. The molecule has 2 aromatic rings. The number of hydrogen-bond donors (Lipinski definition) is 3. The molecule has 3 heterocycles. The van der Waals surface area contributed by atoms with Gasteiger partial charge >= 0.3 is 0 Å². The zero-order chi connectivity index (χ0) is 21.5. The average Bonchev–Trinajstić information content (AvgIpc) is 2.82. The van der Waals surface area contributed by atoms with Gasteiger partial charge in [-0.15, -0.1) is 0 Å². The highest BCUT2D eigenvalue weighted by Gasteiger charge is 2.22. The molecule has 1 aliphatic heterocycles. The summed E-state index contributed by atoms with van der Waals surface area (Å²) in [5.41, 5.74) is 1.67. The minimum Gasteiger partial charge on any atom is -0.393 e. The van der Waals surface area contributed by atoms with Crippen LogP contribution in [0.25, 0.3) is 11.3 Å². The van der Waals surface area contributed by atoms with Crippen molar-refractivity contribution >= 4 is 17.6 Å². The number of ether oxygens (including phenoxy) is 1. The third-order valence-electron chi connectivity index (χ3n) is 5.90. The monoisotopic (exact) mass is 427 g/mol. The Hall–Kier alpha value is -2.52. The smallest absolute Gasteiger partial charge is 0.224 e. The molecular weight excluding hydrogens is 394 g/mol. The summed E-state index contributed by atoms with van der Waals surface area (Å²) in [5.74, 6) is 2.30. The molecule has 1 saturated carbocycles. The molecule has 31 heavy (non-hydrogen) atoms. The summed E-state index contributed by atoms with van der Waals surface area (Å²) < 4.78 is 5.46. The van der Waals surface area contributed by atoms with Crippen LogP contribution in [0.4, 0.5) is 17.6 Å². The van der Waals surface area contributed by atoms with Crippen molar-refractivity contribution < 1.29 is 9.84 Å². The van der Waals surface area contributed by atoms with E-state index in [1.807, 2.05) is 12.3 Å². The van der Waals surface area contributed by atoms with Gasteiger partial charge in [-0.3, -0.25) is 0 Å². The van der Waals surface area contributed by atoms with E-state index >= 15 is 0 Å². The Labute approximate surface area is 183 Å². The Kier molecular flexibility index (Phi) is 7.48. The molecule has 2 aromatic heterocycles. The van der Waals surface area contributed by atoms with Gasteiger partial charge in [0.1, 0.15) is 18.0 Å². The molecule has 1 saturated heterocycles. The van der Waals surface area contributed by atoms with Crippen LogP contribution in [0.5, 0.6) is 0 Å². The van der Waals surface area contributed by atoms with Crippen LogP contribution in [0.1, 0.15) is 45.4 Å². The van der Waals surface area contributed by atoms with Crippen molar-refractivity contribution in [2.45, 2.75) is 57.6 Å². The van der Waals surface area contributed by atoms with Gasteiger partial charge in [-0.1, -0.05) is 13.3 Å². The highest BCUT2D eigenvalue weighted by molar-refractivity contribution is 5.74. The number of hydrogen-bond acceptors (Lipinski definition) is 9. The summed E-state index contributed by atoms with van der Waals surface area (Å²) in [6.45, 7) is 6.07. The van der Waals surface area contributed by atoms with Crippen LogP contribution in [0.2, 0.25) is 0 Å². The summed E-state index contributed by atoms with van der Waals surface area (Å²) in [7, 11) is 0. The van der Waals surface area contributed by atoms with E-state index in [2.05, 4.69) is 37.4 Å². The van der Waals surface area contributed by atoms with Gasteiger partial charge in [0.05, 0.1) is 30.6 Å². The molecule has 1 aliphatic carbocycles. The van der Waals surface area contributed by atoms with Gasteiger partial charge in [0.25, 0.3) is 0 Å². The minimum absolute atomic E-state index is 0.188. The fourth-order valence-electron chi connectivity index (χ4n) is 4.01. The predicted molar refractivity (Wildman–Crippen MR) is 121 cm³/mol. The molecule has 2 fully saturated rings. The van der Waals surface area contributed by atoms with Gasteiger partial charge in [0.15, 0.2) is 0 Å². The molecular formula is C22H33N7O2. The Balaban J connectivity index is 1.59. The maximum Gasteiger partial charge on any atom is 0.224 e. The molecule has 2 aliphatic rings. The van der Waals surface area contributed by atoms with Crippen LogP contribution in [0.3, 0.4) is 0 Å². The first-order valence-corrected chi connectivity index (χ1v) is 11.4. The molecule has 168 valence electrons. The highest BCUT2D eigenvalue weighted by atomic mass is 16.5. The molecule has 3 N–H and O–H groups in total. The predicted octanol–water partition coefficient (Wildman–Crippen LogP) is 2.70. The van der Waals surface area contributed by atoms with Crippen LogP contribution in [-0.4, -0.2) is 70.0 Å². The molecule has 0 spiro atoms. The largest absolute Gasteiger partial charge is 0.393 e. The Morgan fingerprint density at radius 2 is 1.94 bits per heavy atom. The number of aromatic nitrogens is 4. The molecule has 0 atom stereocenters. The van der Waals surface area contributed by atoms with E-state index in [4.69, 9.17) is 9.72 Å². The number of nitrogens with one attached hydrogen (secondary N) is 2. The summed E-state index contributed by atoms with van der Waals surface area (Å²) in [6, 6.07) is 2.28. The quantitative estimate of drug-likeness (QED) is 0.548. The van der Waals surface area contributed by atoms with Gasteiger partial charge in [-0.25, -0.2) is 15.0 Å². The lowest BCUT2D eigenvalue weighted by Gasteiger charge is -2.28. The first kappa shape index (κ1) is 21.7. The fraction of sp³-hybridized carbons (Fsp3) is 0.636. The number of rotatable bonds is 8. The number of aliphatic hydroxyl groups excluding tert-OH is 1. The lowest BCUT2D eigenvalue weighted by Crippen LogP contribution is -2.36. The van der Waals surface area contributed by atoms with E-state index in [1.165, 1.54) is 0 Å². The van der Waals surface area contributed by atoms with Crippen molar-refractivity contribution in [3.63, 3.8) is 0 Å². The van der Waals surface area contributed by atoms with E-state index in [-0.39, 0.29) is 12.1 Å². The Morgan fingerprint density at radius 3 is 2.71 bits per heavy atom. The van der Waals surface area contributed by atoms with Crippen LogP contribution >= 0.6 is 0 Å². The number of aliphatic hydroxyl groups is 1. The topological polar surface area (TPSA) is 108 Å². The van der Waals surface area contributed by atoms with Crippen LogP contribution in [0, 0.1) is 0 Å². The molecule has 0 radical (unpaired) electrons. The normalized spacial score (nSPS) is 21.7. The van der Waals surface area contributed by atoms with Crippen molar-refractivity contribution in [3.05, 3.63) is 18.6 Å². The lowest BCUT2D eigenvalue weighted by molar-refractivity contribution is 0.122. The van der Waals surface area contributed by atoms with E-state index in [1.54, 1.807) is 6.33 Å². The summed E-state index contributed by atoms with van der Waals surface area (Å²) in [5, 5.41) is 16.8. The number of unbranched alkanes of at least 4 members (excludes halogenated alkanes) is 1. The second-order valence-electron chi connectivity index (χ2n) is 8.25. The zero-order valence-corrected chi connectivity index (χ0v) is 18.3. The molecule has 9 nitrogen and oxygen atoms in total. The van der Waals surface area contributed by atoms with Crippen molar-refractivity contribution in [1.82, 2.24) is 19.9 Å². The zero-order valence-electron chi connectivity index (χ0n) is 18.3. The number of anilines is 3. The van der Waals surface area contributed by atoms with Crippen LogP contribution in [0.15, 0.2) is 18.6 Å². The van der Waals surface area contributed by atoms with Gasteiger partial charge < -0.3 is 25.4 Å². The molecule has 9 heteroatoms. The maximum atomic E-state index is 9.85. The van der Waals surface area contributed by atoms with Crippen molar-refractivity contribution in [2.75, 3.05) is 48.4 Å². The highest BCUT2D eigenvalue weighted by Crippen LogP contribution is 2.30.